The third kappa shape index (κ3) is 2.66. The predicted octanol–water partition coefficient (Wildman–Crippen LogP) is 1.93. The van der Waals surface area contributed by atoms with Gasteiger partial charge in [-0.3, -0.25) is 0 Å². The van der Waals surface area contributed by atoms with Crippen LogP contribution in [0.15, 0.2) is 6.33 Å². The number of nitrogens with one attached hydrogen (secondary N) is 2. The summed E-state index contributed by atoms with van der Waals surface area (Å²) in [5.41, 5.74) is 3.75. The number of nitrogens with zero attached hydrogens (tertiary/aromatic N) is 2. The molecule has 1 aromatic heterocycles. The lowest BCUT2D eigenvalue weighted by Crippen LogP contribution is -2.15. The Bertz CT molecular complexity index is 379. The molecule has 94 valence electrons. The van der Waals surface area contributed by atoms with Crippen molar-refractivity contribution in [2.45, 2.75) is 45.6 Å². The molecule has 4 N–H and O–H groups in total. The standard InChI is InChI=1S/C12H21N5/c1-3-5-9-11(14-7-15-12(9)17-13)16-10-6-8(10)4-2/h7-8,10H,3-6,13H2,1-2H3,(H2,14,15,16,17). The van der Waals surface area contributed by atoms with E-state index in [2.05, 4.69) is 34.6 Å². The van der Waals surface area contributed by atoms with E-state index in [9.17, 15) is 0 Å². The number of hydrazine groups is 1. The number of rotatable bonds is 6. The molecule has 0 spiro atoms. The summed E-state index contributed by atoms with van der Waals surface area (Å²) in [5, 5.41) is 3.50. The quantitative estimate of drug-likeness (QED) is 0.519. The van der Waals surface area contributed by atoms with Gasteiger partial charge in [0.25, 0.3) is 0 Å². The van der Waals surface area contributed by atoms with Gasteiger partial charge in [-0.25, -0.2) is 15.8 Å². The molecule has 1 aliphatic rings. The van der Waals surface area contributed by atoms with Crippen LogP contribution in [0.2, 0.25) is 0 Å². The van der Waals surface area contributed by atoms with Crippen molar-refractivity contribution in [3.05, 3.63) is 11.9 Å². The fourth-order valence-electron chi connectivity index (χ4n) is 2.20. The highest BCUT2D eigenvalue weighted by Crippen LogP contribution is 2.36. The first-order valence-electron chi connectivity index (χ1n) is 6.37. The molecule has 1 aromatic rings. The van der Waals surface area contributed by atoms with Crippen molar-refractivity contribution in [3.63, 3.8) is 0 Å². The maximum Gasteiger partial charge on any atom is 0.148 e. The van der Waals surface area contributed by atoms with Gasteiger partial charge in [-0.1, -0.05) is 26.7 Å². The Labute approximate surface area is 102 Å². The Hall–Kier alpha value is -1.36. The fraction of sp³-hybridized carbons (Fsp3) is 0.667. The Kier molecular flexibility index (Phi) is 3.78. The Morgan fingerprint density at radius 1 is 1.35 bits per heavy atom. The second-order valence-corrected chi connectivity index (χ2v) is 4.60. The lowest BCUT2D eigenvalue weighted by molar-refractivity contribution is 0.771. The molecule has 2 unspecified atom stereocenters. The first-order chi connectivity index (χ1) is 8.30. The first-order valence-corrected chi connectivity index (χ1v) is 6.37. The molecule has 2 rings (SSSR count). The molecule has 0 saturated heterocycles. The van der Waals surface area contributed by atoms with E-state index in [4.69, 9.17) is 5.84 Å². The maximum absolute atomic E-state index is 5.48. The van der Waals surface area contributed by atoms with Gasteiger partial charge in [0.1, 0.15) is 18.0 Å². The van der Waals surface area contributed by atoms with Crippen LogP contribution < -0.4 is 16.6 Å². The highest BCUT2D eigenvalue weighted by atomic mass is 15.3. The van der Waals surface area contributed by atoms with Crippen LogP contribution >= 0.6 is 0 Å². The van der Waals surface area contributed by atoms with E-state index in [0.717, 1.165) is 36.0 Å². The number of hydrogen-bond donors (Lipinski definition) is 3. The van der Waals surface area contributed by atoms with E-state index in [1.54, 1.807) is 6.33 Å². The third-order valence-electron chi connectivity index (χ3n) is 3.35. The van der Waals surface area contributed by atoms with Gasteiger partial charge in [0.05, 0.1) is 0 Å². The van der Waals surface area contributed by atoms with Gasteiger partial charge < -0.3 is 10.7 Å². The highest BCUT2D eigenvalue weighted by Gasteiger charge is 2.35. The number of hydrogen-bond acceptors (Lipinski definition) is 5. The molecular weight excluding hydrogens is 214 g/mol. The van der Waals surface area contributed by atoms with E-state index in [-0.39, 0.29) is 0 Å². The van der Waals surface area contributed by atoms with Gasteiger partial charge in [-0.2, -0.15) is 0 Å². The predicted molar refractivity (Wildman–Crippen MR) is 69.6 cm³/mol. The third-order valence-corrected chi connectivity index (χ3v) is 3.35. The van der Waals surface area contributed by atoms with Gasteiger partial charge in [0.15, 0.2) is 0 Å². The molecule has 2 atom stereocenters. The topological polar surface area (TPSA) is 75.9 Å². The monoisotopic (exact) mass is 235 g/mol. The summed E-state index contributed by atoms with van der Waals surface area (Å²) < 4.78 is 0. The molecule has 1 fully saturated rings. The molecular formula is C12H21N5. The van der Waals surface area contributed by atoms with Gasteiger partial charge >= 0.3 is 0 Å². The summed E-state index contributed by atoms with van der Waals surface area (Å²) in [5.74, 6) is 7.96. The second-order valence-electron chi connectivity index (χ2n) is 4.60. The maximum atomic E-state index is 5.48. The molecule has 1 aliphatic carbocycles. The zero-order valence-corrected chi connectivity index (χ0v) is 10.5. The highest BCUT2D eigenvalue weighted by molar-refractivity contribution is 5.57. The zero-order chi connectivity index (χ0) is 12.3. The van der Waals surface area contributed by atoms with Crippen LogP contribution in [0.5, 0.6) is 0 Å². The summed E-state index contributed by atoms with van der Waals surface area (Å²) in [6.07, 6.45) is 6.02. The van der Waals surface area contributed by atoms with Gasteiger partial charge in [0, 0.05) is 11.6 Å². The molecule has 17 heavy (non-hydrogen) atoms. The smallest absolute Gasteiger partial charge is 0.148 e. The molecule has 0 aromatic carbocycles. The van der Waals surface area contributed by atoms with Crippen molar-refractivity contribution in [1.82, 2.24) is 9.97 Å². The van der Waals surface area contributed by atoms with E-state index in [1.165, 1.54) is 12.8 Å². The number of nitrogens with two attached hydrogens (primary N) is 1. The van der Waals surface area contributed by atoms with E-state index >= 15 is 0 Å². The molecule has 1 saturated carbocycles. The average Bonchev–Trinajstić information content (AvgIpc) is 3.10. The molecule has 0 bridgehead atoms. The lowest BCUT2D eigenvalue weighted by Gasteiger charge is -2.13. The van der Waals surface area contributed by atoms with Gasteiger partial charge in [-0.05, 0) is 18.8 Å². The van der Waals surface area contributed by atoms with Crippen molar-refractivity contribution < 1.29 is 0 Å². The average molecular weight is 235 g/mol. The molecule has 0 aliphatic heterocycles. The van der Waals surface area contributed by atoms with Crippen LogP contribution in [-0.2, 0) is 6.42 Å². The molecule has 5 nitrogen and oxygen atoms in total. The summed E-state index contributed by atoms with van der Waals surface area (Å²) in [4.78, 5) is 8.49. The molecule has 0 amide bonds. The Morgan fingerprint density at radius 3 is 2.71 bits per heavy atom. The van der Waals surface area contributed by atoms with E-state index < -0.39 is 0 Å². The summed E-state index contributed by atoms with van der Waals surface area (Å²) in [7, 11) is 0. The second kappa shape index (κ2) is 5.31. The van der Waals surface area contributed by atoms with Crippen molar-refractivity contribution in [2.75, 3.05) is 10.7 Å². The summed E-state index contributed by atoms with van der Waals surface area (Å²) in [6.45, 7) is 4.37. The number of anilines is 2. The minimum atomic E-state index is 0.580. The van der Waals surface area contributed by atoms with Gasteiger partial charge in [0.2, 0.25) is 0 Å². The zero-order valence-electron chi connectivity index (χ0n) is 10.5. The van der Waals surface area contributed by atoms with E-state index in [1.807, 2.05) is 0 Å². The summed E-state index contributed by atoms with van der Waals surface area (Å²) >= 11 is 0. The van der Waals surface area contributed by atoms with Crippen molar-refractivity contribution in [1.29, 1.82) is 0 Å². The van der Waals surface area contributed by atoms with Gasteiger partial charge in [-0.15, -0.1) is 0 Å². The minimum Gasteiger partial charge on any atom is -0.367 e. The van der Waals surface area contributed by atoms with Crippen molar-refractivity contribution in [3.8, 4) is 0 Å². The van der Waals surface area contributed by atoms with Crippen LogP contribution in [0.1, 0.15) is 38.7 Å². The van der Waals surface area contributed by atoms with Crippen LogP contribution in [0.4, 0.5) is 11.6 Å². The Morgan fingerprint density at radius 2 is 2.12 bits per heavy atom. The molecule has 5 heteroatoms. The fourth-order valence-corrected chi connectivity index (χ4v) is 2.20. The molecule has 1 heterocycles. The minimum absolute atomic E-state index is 0.580. The normalized spacial score (nSPS) is 22.3. The van der Waals surface area contributed by atoms with E-state index in [0.29, 0.717) is 6.04 Å². The van der Waals surface area contributed by atoms with Crippen LogP contribution in [0.3, 0.4) is 0 Å². The lowest BCUT2D eigenvalue weighted by atomic mass is 10.1. The first kappa shape index (κ1) is 12.1. The summed E-state index contributed by atoms with van der Waals surface area (Å²) in [6, 6.07) is 0.580. The van der Waals surface area contributed by atoms with Crippen molar-refractivity contribution in [2.24, 2.45) is 11.8 Å². The number of nitrogen functional groups attached to an aromatic ring is 1. The Balaban J connectivity index is 2.14. The SMILES string of the molecule is CCCc1c(NN)ncnc1NC1CC1CC. The largest absolute Gasteiger partial charge is 0.367 e. The van der Waals surface area contributed by atoms with Crippen LogP contribution in [0, 0.1) is 5.92 Å². The molecule has 0 radical (unpaired) electrons. The van der Waals surface area contributed by atoms with Crippen LogP contribution in [-0.4, -0.2) is 16.0 Å². The van der Waals surface area contributed by atoms with Crippen LogP contribution in [0.25, 0.3) is 0 Å². The van der Waals surface area contributed by atoms with Crippen molar-refractivity contribution >= 4 is 11.6 Å². The number of aromatic nitrogens is 2.